The fourth-order valence-electron chi connectivity index (χ4n) is 2.89. The Morgan fingerprint density at radius 1 is 1.23 bits per heavy atom. The minimum absolute atomic E-state index is 0.0497. The molecule has 3 aromatic rings. The molecule has 0 radical (unpaired) electrons. The number of ether oxygens (including phenoxy) is 1. The lowest BCUT2D eigenvalue weighted by Gasteiger charge is -2.17. The van der Waals surface area contributed by atoms with E-state index in [2.05, 4.69) is 20.6 Å². The molecule has 0 aliphatic heterocycles. The summed E-state index contributed by atoms with van der Waals surface area (Å²) in [5.74, 6) is 1.69. The zero-order valence-electron chi connectivity index (χ0n) is 17.8. The summed E-state index contributed by atoms with van der Waals surface area (Å²) in [5.41, 5.74) is 2.32. The van der Waals surface area contributed by atoms with Gasteiger partial charge >= 0.3 is 0 Å². The maximum absolute atomic E-state index is 12.0. The van der Waals surface area contributed by atoms with E-state index in [4.69, 9.17) is 9.52 Å². The number of anilines is 3. The number of aliphatic hydroxyl groups excluding tert-OH is 1. The summed E-state index contributed by atoms with van der Waals surface area (Å²) in [6, 6.07) is 14.3. The van der Waals surface area contributed by atoms with Gasteiger partial charge in [0.05, 0.1) is 22.9 Å². The zero-order valence-corrected chi connectivity index (χ0v) is 18.6. The highest BCUT2D eigenvalue weighted by Crippen LogP contribution is 2.29. The second-order valence-electron chi connectivity index (χ2n) is 7.14. The van der Waals surface area contributed by atoms with E-state index in [9.17, 15) is 9.32 Å². The number of hydrogen-bond acceptors (Lipinski definition) is 8. The van der Waals surface area contributed by atoms with Crippen LogP contribution in [-0.2, 0) is 9.73 Å². The van der Waals surface area contributed by atoms with Gasteiger partial charge in [0.2, 0.25) is 5.95 Å². The van der Waals surface area contributed by atoms with Gasteiger partial charge in [0, 0.05) is 34.6 Å². The fraction of sp³-hybridized carbons (Fsp3) is 0.273. The minimum atomic E-state index is -2.83. The number of nitrogens with one attached hydrogen (secondary N) is 3. The van der Waals surface area contributed by atoms with Crippen molar-refractivity contribution in [2.45, 2.75) is 24.8 Å². The number of rotatable bonds is 9. The van der Waals surface area contributed by atoms with Gasteiger partial charge in [-0.05, 0) is 49.7 Å². The molecule has 0 fully saturated rings. The number of hydrogen-bond donors (Lipinski definition) is 4. The molecule has 0 saturated heterocycles. The first kappa shape index (κ1) is 22.5. The predicted octanol–water partition coefficient (Wildman–Crippen LogP) is 4.11. The smallest absolute Gasteiger partial charge is 0.229 e. The van der Waals surface area contributed by atoms with Gasteiger partial charge < -0.3 is 20.5 Å². The molecule has 1 aromatic heterocycles. The third-order valence-electron chi connectivity index (χ3n) is 4.46. The molecular formula is C22H27N5O3S. The van der Waals surface area contributed by atoms with Crippen molar-refractivity contribution in [1.29, 1.82) is 4.78 Å². The Morgan fingerprint density at radius 3 is 2.61 bits per heavy atom. The first-order chi connectivity index (χ1) is 14.8. The quantitative estimate of drug-likeness (QED) is 0.394. The molecule has 0 saturated carbocycles. The molecule has 2 atom stereocenters. The van der Waals surface area contributed by atoms with Crippen LogP contribution in [0.4, 0.5) is 17.5 Å². The molecule has 2 aromatic carbocycles. The SMILES string of the molecule is CCOc1ccc(-c2cnc(Nc3cccc(S(C)(=N)=O)c3)nc2N[C@H](C)CO)cc1. The van der Waals surface area contributed by atoms with Crippen molar-refractivity contribution in [2.24, 2.45) is 0 Å². The molecule has 0 amide bonds. The van der Waals surface area contributed by atoms with E-state index in [1.807, 2.05) is 38.1 Å². The predicted molar refractivity (Wildman–Crippen MR) is 124 cm³/mol. The van der Waals surface area contributed by atoms with E-state index in [-0.39, 0.29) is 12.6 Å². The monoisotopic (exact) mass is 441 g/mol. The summed E-state index contributed by atoms with van der Waals surface area (Å²) in [5, 5.41) is 15.8. The lowest BCUT2D eigenvalue weighted by Crippen LogP contribution is -2.21. The first-order valence-electron chi connectivity index (χ1n) is 9.88. The summed E-state index contributed by atoms with van der Waals surface area (Å²) in [6.45, 7) is 4.33. The summed E-state index contributed by atoms with van der Waals surface area (Å²) in [6.07, 6.45) is 3.08. The van der Waals surface area contributed by atoms with Crippen LogP contribution >= 0.6 is 0 Å². The Labute approximate surface area is 182 Å². The van der Waals surface area contributed by atoms with Crippen molar-refractivity contribution in [1.82, 2.24) is 9.97 Å². The van der Waals surface area contributed by atoms with Crippen LogP contribution in [0.5, 0.6) is 5.75 Å². The number of benzene rings is 2. The molecule has 0 aliphatic carbocycles. The normalized spacial score (nSPS) is 13.8. The van der Waals surface area contributed by atoms with E-state index >= 15 is 0 Å². The van der Waals surface area contributed by atoms with Gasteiger partial charge in [-0.15, -0.1) is 0 Å². The second-order valence-corrected chi connectivity index (χ2v) is 9.30. The Morgan fingerprint density at radius 2 is 1.97 bits per heavy atom. The van der Waals surface area contributed by atoms with Crippen LogP contribution in [0.15, 0.2) is 59.6 Å². The molecule has 164 valence electrons. The number of aliphatic hydroxyl groups is 1. The van der Waals surface area contributed by atoms with Crippen LogP contribution in [0.25, 0.3) is 11.1 Å². The summed E-state index contributed by atoms with van der Waals surface area (Å²) >= 11 is 0. The highest BCUT2D eigenvalue weighted by atomic mass is 32.2. The second kappa shape index (κ2) is 9.76. The van der Waals surface area contributed by atoms with Crippen molar-refractivity contribution in [3.8, 4) is 16.9 Å². The maximum atomic E-state index is 12.0. The van der Waals surface area contributed by atoms with Gasteiger partial charge in [-0.1, -0.05) is 18.2 Å². The van der Waals surface area contributed by atoms with E-state index in [0.29, 0.717) is 29.0 Å². The van der Waals surface area contributed by atoms with E-state index in [0.717, 1.165) is 16.9 Å². The third-order valence-corrected chi connectivity index (χ3v) is 5.62. The Balaban J connectivity index is 1.94. The molecule has 1 heterocycles. The van der Waals surface area contributed by atoms with Crippen molar-refractivity contribution >= 4 is 27.2 Å². The lowest BCUT2D eigenvalue weighted by molar-refractivity contribution is 0.281. The first-order valence-corrected chi connectivity index (χ1v) is 11.9. The molecule has 8 nitrogen and oxygen atoms in total. The van der Waals surface area contributed by atoms with E-state index < -0.39 is 9.73 Å². The van der Waals surface area contributed by atoms with E-state index in [1.165, 1.54) is 6.26 Å². The summed E-state index contributed by atoms with van der Waals surface area (Å²) < 4.78 is 25.3. The zero-order chi connectivity index (χ0) is 22.4. The average molecular weight is 442 g/mol. The van der Waals surface area contributed by atoms with Crippen molar-refractivity contribution in [3.05, 3.63) is 54.7 Å². The van der Waals surface area contributed by atoms with Crippen LogP contribution in [0.3, 0.4) is 0 Å². The molecule has 0 aliphatic rings. The molecule has 0 spiro atoms. The number of aromatic nitrogens is 2. The molecule has 1 unspecified atom stereocenters. The van der Waals surface area contributed by atoms with Gasteiger partial charge in [0.25, 0.3) is 0 Å². The summed E-state index contributed by atoms with van der Waals surface area (Å²) in [7, 11) is -2.83. The van der Waals surface area contributed by atoms with Crippen LogP contribution in [0, 0.1) is 4.78 Å². The lowest BCUT2D eigenvalue weighted by atomic mass is 10.1. The molecule has 0 bridgehead atoms. The molecule has 9 heteroatoms. The topological polar surface area (TPSA) is 120 Å². The van der Waals surface area contributed by atoms with Crippen molar-refractivity contribution in [2.75, 3.05) is 30.1 Å². The van der Waals surface area contributed by atoms with Gasteiger partial charge in [-0.25, -0.2) is 14.0 Å². The maximum Gasteiger partial charge on any atom is 0.229 e. The minimum Gasteiger partial charge on any atom is -0.494 e. The Bertz CT molecular complexity index is 1130. The highest BCUT2D eigenvalue weighted by Gasteiger charge is 2.13. The highest BCUT2D eigenvalue weighted by molar-refractivity contribution is 7.91. The largest absolute Gasteiger partial charge is 0.494 e. The van der Waals surface area contributed by atoms with Gasteiger partial charge in [-0.3, -0.25) is 0 Å². The van der Waals surface area contributed by atoms with Gasteiger partial charge in [-0.2, -0.15) is 4.98 Å². The molecule has 31 heavy (non-hydrogen) atoms. The van der Waals surface area contributed by atoms with Gasteiger partial charge in [0.1, 0.15) is 11.6 Å². The van der Waals surface area contributed by atoms with Crippen molar-refractivity contribution in [3.63, 3.8) is 0 Å². The average Bonchev–Trinajstić information content (AvgIpc) is 2.74. The number of nitrogens with zero attached hydrogens (tertiary/aromatic N) is 2. The van der Waals surface area contributed by atoms with E-state index in [1.54, 1.807) is 30.5 Å². The van der Waals surface area contributed by atoms with Crippen LogP contribution < -0.4 is 15.4 Å². The van der Waals surface area contributed by atoms with Gasteiger partial charge in [0.15, 0.2) is 0 Å². The summed E-state index contributed by atoms with van der Waals surface area (Å²) in [4.78, 5) is 9.44. The van der Waals surface area contributed by atoms with Crippen LogP contribution in [0.2, 0.25) is 0 Å². The molecule has 3 rings (SSSR count). The third kappa shape index (κ3) is 5.93. The Hall–Kier alpha value is -3.17. The standard InChI is InChI=1S/C22H27N5O3S/c1-4-30-18-10-8-16(9-11-18)20-13-24-22(27-21(20)25-15(2)14-28)26-17-6-5-7-19(12-17)31(3,23)29/h5-13,15,23,28H,4,14H2,1-3H3,(H2,24,25,26,27)/t15-,31?/m1/s1. The fourth-order valence-corrected chi connectivity index (χ4v) is 3.58. The van der Waals surface area contributed by atoms with Crippen LogP contribution in [-0.4, -0.2) is 44.8 Å². The Kier molecular flexibility index (Phi) is 7.09. The van der Waals surface area contributed by atoms with Crippen molar-refractivity contribution < 1.29 is 14.1 Å². The molecular weight excluding hydrogens is 414 g/mol. The van der Waals surface area contributed by atoms with Crippen LogP contribution in [0.1, 0.15) is 13.8 Å². The molecule has 4 N–H and O–H groups in total.